The van der Waals surface area contributed by atoms with E-state index in [1.54, 1.807) is 31.5 Å². The number of methoxy groups -OCH3 is 1. The highest BCUT2D eigenvalue weighted by molar-refractivity contribution is 7.98. The monoisotopic (exact) mass is 356 g/mol. The fourth-order valence-corrected chi connectivity index (χ4v) is 2.76. The third-order valence-electron chi connectivity index (χ3n) is 3.45. The van der Waals surface area contributed by atoms with Crippen LogP contribution in [0, 0.1) is 0 Å². The summed E-state index contributed by atoms with van der Waals surface area (Å²) in [6, 6.07) is 12.6. The van der Waals surface area contributed by atoms with Crippen LogP contribution in [0.15, 0.2) is 58.2 Å². The van der Waals surface area contributed by atoms with E-state index < -0.39 is 5.97 Å². The van der Waals surface area contributed by atoms with E-state index in [-0.39, 0.29) is 6.61 Å². The van der Waals surface area contributed by atoms with Gasteiger partial charge < -0.3 is 14.0 Å². The lowest BCUT2D eigenvalue weighted by molar-refractivity contribution is 0.0459. The van der Waals surface area contributed by atoms with E-state index in [0.717, 1.165) is 11.3 Å². The van der Waals surface area contributed by atoms with Crippen molar-refractivity contribution in [2.75, 3.05) is 13.4 Å². The molecule has 0 unspecified atom stereocenters. The average molecular weight is 356 g/mol. The van der Waals surface area contributed by atoms with Crippen LogP contribution in [-0.2, 0) is 11.3 Å². The van der Waals surface area contributed by atoms with Gasteiger partial charge in [-0.15, -0.1) is 11.8 Å². The van der Waals surface area contributed by atoms with Gasteiger partial charge in [0.1, 0.15) is 23.1 Å². The zero-order valence-corrected chi connectivity index (χ0v) is 14.6. The maximum Gasteiger partial charge on any atom is 0.341 e. The van der Waals surface area contributed by atoms with Gasteiger partial charge in [-0.1, -0.05) is 17.3 Å². The van der Waals surface area contributed by atoms with Gasteiger partial charge in [0.25, 0.3) is 0 Å². The fourth-order valence-electron chi connectivity index (χ4n) is 2.22. The Morgan fingerprint density at radius 3 is 2.92 bits per heavy atom. The van der Waals surface area contributed by atoms with Crippen molar-refractivity contribution >= 4 is 17.7 Å². The molecule has 0 spiro atoms. The molecule has 0 amide bonds. The first kappa shape index (κ1) is 17.0. The quantitative estimate of drug-likeness (QED) is 0.491. The summed E-state index contributed by atoms with van der Waals surface area (Å²) in [5.74, 6) is 0.863. The van der Waals surface area contributed by atoms with Gasteiger partial charge in [0.2, 0.25) is 0 Å². The van der Waals surface area contributed by atoms with Crippen LogP contribution in [0.1, 0.15) is 16.1 Å². The van der Waals surface area contributed by atoms with Crippen LogP contribution in [0.4, 0.5) is 0 Å². The Bertz CT molecular complexity index is 879. The third kappa shape index (κ3) is 4.00. The number of hydrogen-bond acceptors (Lipinski definition) is 7. The highest BCUT2D eigenvalue weighted by Gasteiger charge is 2.15. The highest BCUT2D eigenvalue weighted by Crippen LogP contribution is 2.25. The van der Waals surface area contributed by atoms with Gasteiger partial charge >= 0.3 is 5.97 Å². The number of nitrogens with zero attached hydrogens (tertiary/aromatic N) is 2. The topological polar surface area (TPSA) is 74.5 Å². The van der Waals surface area contributed by atoms with Crippen LogP contribution >= 0.6 is 11.8 Å². The van der Waals surface area contributed by atoms with Crippen LogP contribution in [0.2, 0.25) is 0 Å². The van der Waals surface area contributed by atoms with E-state index in [4.69, 9.17) is 14.0 Å². The Morgan fingerprint density at radius 1 is 1.24 bits per heavy atom. The number of aromatic nitrogens is 2. The van der Waals surface area contributed by atoms with E-state index in [2.05, 4.69) is 10.1 Å². The van der Waals surface area contributed by atoms with Gasteiger partial charge in [-0.3, -0.25) is 0 Å². The number of ether oxygens (including phenoxy) is 2. The number of thioether (sulfide) groups is 1. The molecular weight excluding hydrogens is 340 g/mol. The average Bonchev–Trinajstić information content (AvgIpc) is 3.15. The molecule has 1 aromatic carbocycles. The standard InChI is InChI=1S/C18H16N2O4S/c1-22-14-6-3-5-12(9-14)16-10-13(20-24-16)11-23-18(21)15-7-4-8-19-17(15)25-2/h3-10H,11H2,1-2H3. The van der Waals surface area contributed by atoms with Crippen molar-refractivity contribution in [3.8, 4) is 17.1 Å². The van der Waals surface area contributed by atoms with Crippen molar-refractivity contribution in [2.45, 2.75) is 11.6 Å². The van der Waals surface area contributed by atoms with E-state index >= 15 is 0 Å². The Morgan fingerprint density at radius 2 is 2.12 bits per heavy atom. The zero-order valence-electron chi connectivity index (χ0n) is 13.8. The SMILES string of the molecule is COc1cccc(-c2cc(COC(=O)c3cccnc3SC)no2)c1. The predicted molar refractivity (Wildman–Crippen MR) is 93.6 cm³/mol. The van der Waals surface area contributed by atoms with Crippen LogP contribution < -0.4 is 4.74 Å². The summed E-state index contributed by atoms with van der Waals surface area (Å²) >= 11 is 1.39. The molecule has 0 aliphatic heterocycles. The molecule has 0 radical (unpaired) electrons. The fraction of sp³-hybridized carbons (Fsp3) is 0.167. The van der Waals surface area contributed by atoms with Gasteiger partial charge in [0.15, 0.2) is 5.76 Å². The van der Waals surface area contributed by atoms with Crippen molar-refractivity contribution in [1.29, 1.82) is 0 Å². The summed E-state index contributed by atoms with van der Waals surface area (Å²) in [4.78, 5) is 16.4. The Hall–Kier alpha value is -2.80. The molecule has 2 heterocycles. The molecule has 0 saturated heterocycles. The van der Waals surface area contributed by atoms with Crippen molar-refractivity contribution < 1.29 is 18.8 Å². The molecule has 0 saturated carbocycles. The molecule has 25 heavy (non-hydrogen) atoms. The summed E-state index contributed by atoms with van der Waals surface area (Å²) in [7, 11) is 1.60. The third-order valence-corrected chi connectivity index (χ3v) is 4.16. The smallest absolute Gasteiger partial charge is 0.341 e. The zero-order chi connectivity index (χ0) is 17.6. The van der Waals surface area contributed by atoms with Gasteiger partial charge in [-0.2, -0.15) is 0 Å². The maximum atomic E-state index is 12.2. The van der Waals surface area contributed by atoms with E-state index in [9.17, 15) is 4.79 Å². The van der Waals surface area contributed by atoms with Crippen molar-refractivity contribution in [3.05, 3.63) is 59.9 Å². The van der Waals surface area contributed by atoms with Crippen molar-refractivity contribution in [2.24, 2.45) is 0 Å². The summed E-state index contributed by atoms with van der Waals surface area (Å²) in [6.07, 6.45) is 3.50. The molecule has 0 aliphatic rings. The lowest BCUT2D eigenvalue weighted by Crippen LogP contribution is -2.07. The van der Waals surface area contributed by atoms with Gasteiger partial charge in [0, 0.05) is 17.8 Å². The second-order valence-electron chi connectivity index (χ2n) is 5.05. The summed E-state index contributed by atoms with van der Waals surface area (Å²) in [6.45, 7) is 0.0228. The number of hydrogen-bond donors (Lipinski definition) is 0. The number of carbonyl (C=O) groups excluding carboxylic acids is 1. The molecular formula is C18H16N2O4S. The first-order valence-electron chi connectivity index (χ1n) is 7.47. The Balaban J connectivity index is 1.68. The number of esters is 1. The number of benzene rings is 1. The minimum atomic E-state index is -0.441. The lowest BCUT2D eigenvalue weighted by Gasteiger charge is -2.05. The van der Waals surface area contributed by atoms with Gasteiger partial charge in [-0.25, -0.2) is 9.78 Å². The number of carbonyl (C=O) groups is 1. The van der Waals surface area contributed by atoms with E-state index in [1.807, 2.05) is 30.5 Å². The second-order valence-corrected chi connectivity index (χ2v) is 5.85. The van der Waals surface area contributed by atoms with E-state index in [1.165, 1.54) is 11.8 Å². The van der Waals surface area contributed by atoms with Crippen LogP contribution in [0.3, 0.4) is 0 Å². The maximum absolute atomic E-state index is 12.2. The van der Waals surface area contributed by atoms with Crippen LogP contribution in [-0.4, -0.2) is 29.5 Å². The first-order valence-corrected chi connectivity index (χ1v) is 8.70. The molecule has 0 N–H and O–H groups in total. The highest BCUT2D eigenvalue weighted by atomic mass is 32.2. The molecule has 2 aromatic heterocycles. The molecule has 128 valence electrons. The molecule has 0 fully saturated rings. The van der Waals surface area contributed by atoms with Crippen molar-refractivity contribution in [1.82, 2.24) is 10.1 Å². The van der Waals surface area contributed by atoms with Crippen LogP contribution in [0.5, 0.6) is 5.75 Å². The minimum Gasteiger partial charge on any atom is -0.497 e. The molecule has 0 bridgehead atoms. The minimum absolute atomic E-state index is 0.0228. The number of pyridine rings is 1. The largest absolute Gasteiger partial charge is 0.497 e. The number of rotatable bonds is 6. The normalized spacial score (nSPS) is 10.5. The Labute approximate surface area is 149 Å². The van der Waals surface area contributed by atoms with Gasteiger partial charge in [0.05, 0.1) is 12.7 Å². The summed E-state index contributed by atoms with van der Waals surface area (Å²) < 4.78 is 15.8. The van der Waals surface area contributed by atoms with Gasteiger partial charge in [-0.05, 0) is 30.5 Å². The molecule has 0 atom stereocenters. The summed E-state index contributed by atoms with van der Waals surface area (Å²) in [5.41, 5.74) is 1.80. The molecule has 6 nitrogen and oxygen atoms in total. The lowest BCUT2D eigenvalue weighted by atomic mass is 10.1. The van der Waals surface area contributed by atoms with Crippen molar-refractivity contribution in [3.63, 3.8) is 0 Å². The Kier molecular flexibility index (Phi) is 5.35. The van der Waals surface area contributed by atoms with E-state index in [0.29, 0.717) is 22.0 Å². The molecule has 3 rings (SSSR count). The first-order chi connectivity index (χ1) is 12.2. The summed E-state index contributed by atoms with van der Waals surface area (Å²) in [5, 5.41) is 4.57. The molecule has 3 aromatic rings. The molecule has 7 heteroatoms. The predicted octanol–water partition coefficient (Wildman–Crippen LogP) is 3.82. The molecule has 0 aliphatic carbocycles. The second kappa shape index (κ2) is 7.85. The van der Waals surface area contributed by atoms with Crippen LogP contribution in [0.25, 0.3) is 11.3 Å².